The van der Waals surface area contributed by atoms with Crippen LogP contribution in [0.1, 0.15) is 36.6 Å². The lowest BCUT2D eigenvalue weighted by Crippen LogP contribution is -2.30. The third-order valence-electron chi connectivity index (χ3n) is 2.69. The minimum Gasteiger partial charge on any atom is -0.388 e. The number of nitrogens with zero attached hydrogens (tertiary/aromatic N) is 2. The maximum atomic E-state index is 10.2. The summed E-state index contributed by atoms with van der Waals surface area (Å²) in [6, 6.07) is 0. The van der Waals surface area contributed by atoms with Crippen molar-refractivity contribution in [3.05, 3.63) is 11.9 Å². The molecular weight excluding hydrogens is 186 g/mol. The van der Waals surface area contributed by atoms with Crippen LogP contribution in [0.3, 0.4) is 0 Å². The highest BCUT2D eigenvalue weighted by atomic mass is 32.1. The van der Waals surface area contributed by atoms with Crippen LogP contribution in [-0.2, 0) is 0 Å². The van der Waals surface area contributed by atoms with E-state index in [2.05, 4.69) is 28.0 Å². The highest BCUT2D eigenvalue weighted by Crippen LogP contribution is 2.42. The van der Waals surface area contributed by atoms with E-state index in [1.54, 1.807) is 6.20 Å². The minimum absolute atomic E-state index is 0.214. The molecule has 0 radical (unpaired) electrons. The minimum atomic E-state index is -0.681. The topological polar surface area (TPSA) is 61.8 Å². The molecule has 1 aromatic rings. The number of aliphatic hydroxyl groups is 1. The molecule has 1 heterocycles. The van der Waals surface area contributed by atoms with E-state index in [9.17, 15) is 5.11 Å². The van der Waals surface area contributed by atoms with Crippen LogP contribution in [0.4, 0.5) is 0 Å². The number of thiol groups is 1. The van der Waals surface area contributed by atoms with Crippen molar-refractivity contribution in [2.45, 2.75) is 36.5 Å². The molecule has 1 aromatic heterocycles. The highest BCUT2D eigenvalue weighted by molar-refractivity contribution is 7.80. The summed E-state index contributed by atoms with van der Waals surface area (Å²) < 4.78 is 0. The van der Waals surface area contributed by atoms with Gasteiger partial charge in [0.1, 0.15) is 0 Å². The summed E-state index contributed by atoms with van der Waals surface area (Å²) in [7, 11) is 0. The monoisotopic (exact) mass is 199 g/mol. The number of nitrogens with one attached hydrogen (secondary N) is 1. The fourth-order valence-electron chi connectivity index (χ4n) is 1.88. The zero-order valence-corrected chi connectivity index (χ0v) is 8.17. The van der Waals surface area contributed by atoms with Gasteiger partial charge in [0, 0.05) is 0 Å². The average molecular weight is 199 g/mol. The molecule has 4 nitrogen and oxygen atoms in total. The molecule has 2 N–H and O–H groups in total. The zero-order chi connectivity index (χ0) is 9.31. The average Bonchev–Trinajstić information content (AvgIpc) is 2.73. The SMILES string of the molecule is OC1(C(S)c2cn[nH]n2)CCCC1. The van der Waals surface area contributed by atoms with Gasteiger partial charge < -0.3 is 5.11 Å². The van der Waals surface area contributed by atoms with E-state index >= 15 is 0 Å². The van der Waals surface area contributed by atoms with E-state index < -0.39 is 5.60 Å². The van der Waals surface area contributed by atoms with Crippen molar-refractivity contribution in [1.29, 1.82) is 0 Å². The first-order valence-corrected chi connectivity index (χ1v) is 5.00. The predicted octanol–water partition coefficient (Wildman–Crippen LogP) is 1.08. The normalized spacial score (nSPS) is 23.2. The Kier molecular flexibility index (Phi) is 2.29. The van der Waals surface area contributed by atoms with Crippen LogP contribution in [0.25, 0.3) is 0 Å². The predicted molar refractivity (Wildman–Crippen MR) is 51.5 cm³/mol. The molecule has 1 saturated carbocycles. The molecule has 0 bridgehead atoms. The fraction of sp³-hybridized carbons (Fsp3) is 0.750. The van der Waals surface area contributed by atoms with Gasteiger partial charge in [-0.15, -0.1) is 0 Å². The Bertz CT molecular complexity index is 269. The molecular formula is C8H13N3OS. The Morgan fingerprint density at radius 2 is 2.23 bits per heavy atom. The van der Waals surface area contributed by atoms with Crippen LogP contribution in [-0.4, -0.2) is 26.1 Å². The summed E-state index contributed by atoms with van der Waals surface area (Å²) in [6.07, 6.45) is 5.40. The number of H-pyrrole nitrogens is 1. The summed E-state index contributed by atoms with van der Waals surface area (Å²) in [5, 5.41) is 20.1. The Hall–Kier alpha value is -0.550. The number of aromatic amines is 1. The van der Waals surface area contributed by atoms with Crippen molar-refractivity contribution >= 4 is 12.6 Å². The third kappa shape index (κ3) is 1.58. The summed E-state index contributed by atoms with van der Waals surface area (Å²) in [5.74, 6) is 0. The van der Waals surface area contributed by atoms with Crippen LogP contribution >= 0.6 is 12.6 Å². The van der Waals surface area contributed by atoms with Gasteiger partial charge in [-0.25, -0.2) is 0 Å². The second-order valence-electron chi connectivity index (χ2n) is 3.61. The number of hydrogen-bond donors (Lipinski definition) is 3. The second kappa shape index (κ2) is 3.31. The zero-order valence-electron chi connectivity index (χ0n) is 7.27. The molecule has 0 saturated heterocycles. The van der Waals surface area contributed by atoms with E-state index in [4.69, 9.17) is 0 Å². The van der Waals surface area contributed by atoms with Gasteiger partial charge in [-0.05, 0) is 12.8 Å². The Labute approximate surface area is 82.1 Å². The molecule has 2 rings (SSSR count). The quantitative estimate of drug-likeness (QED) is 0.625. The van der Waals surface area contributed by atoms with E-state index in [0.717, 1.165) is 31.4 Å². The largest absolute Gasteiger partial charge is 0.388 e. The third-order valence-corrected chi connectivity index (χ3v) is 3.44. The van der Waals surface area contributed by atoms with E-state index in [1.165, 1.54) is 0 Å². The molecule has 0 aliphatic heterocycles. The smallest absolute Gasteiger partial charge is 0.0980 e. The van der Waals surface area contributed by atoms with Gasteiger partial charge in [0.2, 0.25) is 0 Å². The lowest BCUT2D eigenvalue weighted by atomic mass is 9.96. The van der Waals surface area contributed by atoms with Crippen LogP contribution in [0, 0.1) is 0 Å². The van der Waals surface area contributed by atoms with Crippen molar-refractivity contribution in [2.24, 2.45) is 0 Å². The Morgan fingerprint density at radius 3 is 2.77 bits per heavy atom. The van der Waals surface area contributed by atoms with Crippen molar-refractivity contribution in [2.75, 3.05) is 0 Å². The maximum Gasteiger partial charge on any atom is 0.0980 e. The summed E-state index contributed by atoms with van der Waals surface area (Å²) >= 11 is 4.39. The fourth-order valence-corrected chi connectivity index (χ4v) is 2.26. The number of hydrogen-bond acceptors (Lipinski definition) is 4. The van der Waals surface area contributed by atoms with Gasteiger partial charge in [0.05, 0.1) is 22.7 Å². The van der Waals surface area contributed by atoms with Crippen LogP contribution < -0.4 is 0 Å². The van der Waals surface area contributed by atoms with E-state index in [0.29, 0.717) is 0 Å². The standard InChI is InChI=1S/C8H13N3OS/c12-8(3-1-2-4-8)7(13)6-5-9-11-10-6/h5,7,12-13H,1-4H2,(H,9,10,11). The number of aromatic nitrogens is 3. The first-order chi connectivity index (χ1) is 6.22. The molecule has 1 aliphatic carbocycles. The highest BCUT2D eigenvalue weighted by Gasteiger charge is 2.39. The van der Waals surface area contributed by atoms with Gasteiger partial charge in [-0.1, -0.05) is 12.8 Å². The molecule has 0 aromatic carbocycles. The van der Waals surface area contributed by atoms with E-state index in [-0.39, 0.29) is 5.25 Å². The van der Waals surface area contributed by atoms with Crippen molar-refractivity contribution in [1.82, 2.24) is 15.4 Å². The molecule has 5 heteroatoms. The summed E-state index contributed by atoms with van der Waals surface area (Å²) in [4.78, 5) is 0. The molecule has 0 spiro atoms. The maximum absolute atomic E-state index is 10.2. The van der Waals surface area contributed by atoms with Gasteiger partial charge in [-0.2, -0.15) is 28.0 Å². The lowest BCUT2D eigenvalue weighted by molar-refractivity contribution is 0.0445. The first kappa shape index (κ1) is 9.02. The van der Waals surface area contributed by atoms with Crippen molar-refractivity contribution in [3.8, 4) is 0 Å². The second-order valence-corrected chi connectivity index (χ2v) is 4.12. The van der Waals surface area contributed by atoms with Gasteiger partial charge in [-0.3, -0.25) is 0 Å². The summed E-state index contributed by atoms with van der Waals surface area (Å²) in [5.41, 5.74) is 0.0488. The van der Waals surface area contributed by atoms with Crippen LogP contribution in [0.15, 0.2) is 6.20 Å². The van der Waals surface area contributed by atoms with Crippen LogP contribution in [0.5, 0.6) is 0 Å². The van der Waals surface area contributed by atoms with Gasteiger partial charge in [0.15, 0.2) is 0 Å². The first-order valence-electron chi connectivity index (χ1n) is 4.48. The van der Waals surface area contributed by atoms with Crippen molar-refractivity contribution in [3.63, 3.8) is 0 Å². The summed E-state index contributed by atoms with van der Waals surface area (Å²) in [6.45, 7) is 0. The van der Waals surface area contributed by atoms with Gasteiger partial charge in [0.25, 0.3) is 0 Å². The Morgan fingerprint density at radius 1 is 1.54 bits per heavy atom. The number of rotatable bonds is 2. The molecule has 1 aliphatic rings. The Balaban J connectivity index is 2.16. The molecule has 1 atom stereocenters. The molecule has 0 amide bonds. The molecule has 1 fully saturated rings. The lowest BCUT2D eigenvalue weighted by Gasteiger charge is -2.27. The van der Waals surface area contributed by atoms with Gasteiger partial charge >= 0.3 is 0 Å². The van der Waals surface area contributed by atoms with E-state index in [1.807, 2.05) is 0 Å². The van der Waals surface area contributed by atoms with Crippen molar-refractivity contribution < 1.29 is 5.11 Å². The molecule has 1 unspecified atom stereocenters. The molecule has 72 valence electrons. The molecule has 13 heavy (non-hydrogen) atoms. The van der Waals surface area contributed by atoms with Crippen LogP contribution in [0.2, 0.25) is 0 Å².